The third-order valence-corrected chi connectivity index (χ3v) is 3.41. The number of pyridine rings is 1. The fraction of sp³-hybridized carbons (Fsp3) is 0.0625. The molecule has 5 nitrogen and oxygen atoms in total. The first kappa shape index (κ1) is 11.8. The lowest BCUT2D eigenvalue weighted by Crippen LogP contribution is -1.97. The zero-order valence-corrected chi connectivity index (χ0v) is 11.3. The van der Waals surface area contributed by atoms with Crippen LogP contribution in [0.5, 0.6) is 0 Å². The third-order valence-electron chi connectivity index (χ3n) is 3.41. The number of fused-ring (bicyclic) bond motifs is 1. The molecule has 0 aliphatic heterocycles. The quantitative estimate of drug-likeness (QED) is 0.577. The Hall–Kier alpha value is -2.95. The SMILES string of the molecule is c1cncc(Cn2cnc(-n3cnc4ccccc43)c2)c1. The van der Waals surface area contributed by atoms with Crippen LogP contribution in [0.3, 0.4) is 0 Å². The van der Waals surface area contributed by atoms with E-state index in [4.69, 9.17) is 0 Å². The number of benzene rings is 1. The molecule has 102 valence electrons. The highest BCUT2D eigenvalue weighted by Crippen LogP contribution is 2.16. The van der Waals surface area contributed by atoms with Crippen LogP contribution in [-0.2, 0) is 6.54 Å². The van der Waals surface area contributed by atoms with Crippen molar-refractivity contribution in [2.45, 2.75) is 6.54 Å². The summed E-state index contributed by atoms with van der Waals surface area (Å²) < 4.78 is 4.04. The van der Waals surface area contributed by atoms with Gasteiger partial charge in [-0.15, -0.1) is 0 Å². The van der Waals surface area contributed by atoms with E-state index in [-0.39, 0.29) is 0 Å². The summed E-state index contributed by atoms with van der Waals surface area (Å²) in [6.45, 7) is 0.757. The second-order valence-electron chi connectivity index (χ2n) is 4.87. The number of imidazole rings is 2. The molecule has 21 heavy (non-hydrogen) atoms. The Morgan fingerprint density at radius 1 is 0.952 bits per heavy atom. The predicted molar refractivity (Wildman–Crippen MR) is 80.2 cm³/mol. The van der Waals surface area contributed by atoms with Crippen LogP contribution >= 0.6 is 0 Å². The van der Waals surface area contributed by atoms with Crippen LogP contribution in [0.1, 0.15) is 5.56 Å². The molecule has 0 atom stereocenters. The molecule has 0 radical (unpaired) electrons. The molecule has 0 amide bonds. The van der Waals surface area contributed by atoms with Crippen molar-refractivity contribution in [2.24, 2.45) is 0 Å². The number of para-hydroxylation sites is 2. The Bertz CT molecular complexity index is 876. The molecular weight excluding hydrogens is 262 g/mol. The van der Waals surface area contributed by atoms with Crippen LogP contribution in [0.2, 0.25) is 0 Å². The van der Waals surface area contributed by atoms with Crippen LogP contribution in [-0.4, -0.2) is 24.1 Å². The van der Waals surface area contributed by atoms with Crippen LogP contribution in [0.25, 0.3) is 16.9 Å². The van der Waals surface area contributed by atoms with E-state index in [0.29, 0.717) is 0 Å². The van der Waals surface area contributed by atoms with E-state index in [1.54, 1.807) is 12.5 Å². The number of hydrogen-bond acceptors (Lipinski definition) is 3. The maximum absolute atomic E-state index is 4.47. The van der Waals surface area contributed by atoms with Crippen molar-refractivity contribution in [2.75, 3.05) is 0 Å². The minimum Gasteiger partial charge on any atom is -0.331 e. The lowest BCUT2D eigenvalue weighted by atomic mass is 10.3. The average molecular weight is 275 g/mol. The molecule has 3 aromatic heterocycles. The van der Waals surface area contributed by atoms with Gasteiger partial charge in [-0.2, -0.15) is 0 Å². The summed E-state index contributed by atoms with van der Waals surface area (Å²) in [6.07, 6.45) is 9.30. The highest BCUT2D eigenvalue weighted by Gasteiger charge is 2.06. The molecule has 0 aliphatic carbocycles. The lowest BCUT2D eigenvalue weighted by molar-refractivity contribution is 0.792. The molecule has 0 N–H and O–H groups in total. The van der Waals surface area contributed by atoms with Gasteiger partial charge in [0, 0.05) is 18.6 Å². The van der Waals surface area contributed by atoms with E-state index in [1.165, 1.54) is 0 Å². The summed E-state index contributed by atoms with van der Waals surface area (Å²) in [5.41, 5.74) is 3.18. The number of hydrogen-bond donors (Lipinski definition) is 0. The van der Waals surface area contributed by atoms with Crippen molar-refractivity contribution >= 4 is 11.0 Å². The smallest absolute Gasteiger partial charge is 0.156 e. The van der Waals surface area contributed by atoms with E-state index in [9.17, 15) is 0 Å². The average Bonchev–Trinajstić information content (AvgIpc) is 3.14. The maximum Gasteiger partial charge on any atom is 0.156 e. The maximum atomic E-state index is 4.47. The summed E-state index contributed by atoms with van der Waals surface area (Å²) >= 11 is 0. The van der Waals surface area contributed by atoms with Gasteiger partial charge in [0.2, 0.25) is 0 Å². The number of aromatic nitrogens is 5. The molecular formula is C16H13N5. The molecule has 3 heterocycles. The van der Waals surface area contributed by atoms with Gasteiger partial charge >= 0.3 is 0 Å². The zero-order valence-electron chi connectivity index (χ0n) is 11.3. The summed E-state index contributed by atoms with van der Waals surface area (Å²) in [4.78, 5) is 13.0. The summed E-state index contributed by atoms with van der Waals surface area (Å²) in [7, 11) is 0. The minimum absolute atomic E-state index is 0.757. The fourth-order valence-corrected chi connectivity index (χ4v) is 2.40. The van der Waals surface area contributed by atoms with Gasteiger partial charge in [-0.25, -0.2) is 9.97 Å². The largest absolute Gasteiger partial charge is 0.331 e. The molecule has 4 aromatic rings. The van der Waals surface area contributed by atoms with Crippen LogP contribution < -0.4 is 0 Å². The van der Waals surface area contributed by atoms with Gasteiger partial charge in [-0.05, 0) is 23.8 Å². The normalized spacial score (nSPS) is 11.0. The van der Waals surface area contributed by atoms with E-state index >= 15 is 0 Å². The number of rotatable bonds is 3. The molecule has 0 saturated carbocycles. The first-order chi connectivity index (χ1) is 10.4. The van der Waals surface area contributed by atoms with E-state index in [0.717, 1.165) is 29.0 Å². The van der Waals surface area contributed by atoms with Gasteiger partial charge in [-0.1, -0.05) is 18.2 Å². The highest BCUT2D eigenvalue weighted by molar-refractivity contribution is 5.76. The Balaban J connectivity index is 1.68. The zero-order chi connectivity index (χ0) is 14.1. The predicted octanol–water partition coefficient (Wildman–Crippen LogP) is 2.67. The van der Waals surface area contributed by atoms with Crippen LogP contribution in [0.15, 0.2) is 67.6 Å². The van der Waals surface area contributed by atoms with Crippen molar-refractivity contribution in [1.82, 2.24) is 24.1 Å². The van der Waals surface area contributed by atoms with Gasteiger partial charge in [0.1, 0.15) is 6.33 Å². The third kappa shape index (κ3) is 2.18. The van der Waals surface area contributed by atoms with Gasteiger partial charge in [-0.3, -0.25) is 9.55 Å². The molecule has 0 fully saturated rings. The highest BCUT2D eigenvalue weighted by atomic mass is 15.2. The molecule has 5 heteroatoms. The lowest BCUT2D eigenvalue weighted by Gasteiger charge is -2.01. The standard InChI is InChI=1S/C16H13N5/c1-2-6-15-14(5-1)18-12-21(15)16-10-20(11-19-16)9-13-4-3-7-17-8-13/h1-8,10-12H,9H2. The summed E-state index contributed by atoms with van der Waals surface area (Å²) in [6, 6.07) is 12.0. The summed E-state index contributed by atoms with van der Waals surface area (Å²) in [5, 5.41) is 0. The Morgan fingerprint density at radius 3 is 2.81 bits per heavy atom. The first-order valence-electron chi connectivity index (χ1n) is 6.73. The summed E-state index contributed by atoms with van der Waals surface area (Å²) in [5.74, 6) is 0.868. The molecule has 0 spiro atoms. The Kier molecular flexibility index (Phi) is 2.74. The van der Waals surface area contributed by atoms with Crippen LogP contribution in [0, 0.1) is 0 Å². The van der Waals surface area contributed by atoms with Crippen molar-refractivity contribution < 1.29 is 0 Å². The molecule has 4 rings (SSSR count). The molecule has 0 saturated heterocycles. The van der Waals surface area contributed by atoms with E-state index in [1.807, 2.05) is 58.2 Å². The monoisotopic (exact) mass is 275 g/mol. The number of nitrogens with zero attached hydrogens (tertiary/aromatic N) is 5. The Labute approximate surface area is 121 Å². The fourth-order valence-electron chi connectivity index (χ4n) is 2.40. The minimum atomic E-state index is 0.757. The molecule has 0 bridgehead atoms. The van der Waals surface area contributed by atoms with E-state index in [2.05, 4.69) is 21.0 Å². The van der Waals surface area contributed by atoms with Gasteiger partial charge in [0.15, 0.2) is 5.82 Å². The first-order valence-corrected chi connectivity index (χ1v) is 6.73. The molecule has 0 aliphatic rings. The van der Waals surface area contributed by atoms with Gasteiger partial charge in [0.05, 0.1) is 23.9 Å². The molecule has 0 unspecified atom stereocenters. The van der Waals surface area contributed by atoms with Crippen molar-refractivity contribution in [3.8, 4) is 5.82 Å². The van der Waals surface area contributed by atoms with Crippen molar-refractivity contribution in [3.63, 3.8) is 0 Å². The van der Waals surface area contributed by atoms with Gasteiger partial charge in [0.25, 0.3) is 0 Å². The topological polar surface area (TPSA) is 48.5 Å². The van der Waals surface area contributed by atoms with Crippen molar-refractivity contribution in [1.29, 1.82) is 0 Å². The second-order valence-corrected chi connectivity index (χ2v) is 4.87. The van der Waals surface area contributed by atoms with Crippen LogP contribution in [0.4, 0.5) is 0 Å². The second kappa shape index (κ2) is 4.86. The van der Waals surface area contributed by atoms with E-state index < -0.39 is 0 Å². The Morgan fingerprint density at radius 2 is 1.90 bits per heavy atom. The molecule has 1 aromatic carbocycles. The van der Waals surface area contributed by atoms with Crippen molar-refractivity contribution in [3.05, 3.63) is 73.2 Å². The van der Waals surface area contributed by atoms with Gasteiger partial charge < -0.3 is 4.57 Å².